The molecule has 1 aliphatic rings. The Bertz CT molecular complexity index is 1030. The van der Waals surface area contributed by atoms with E-state index in [0.717, 1.165) is 43.9 Å². The predicted octanol–water partition coefficient (Wildman–Crippen LogP) is 4.89. The van der Waals surface area contributed by atoms with Gasteiger partial charge in [-0.1, -0.05) is 0 Å². The molecule has 1 heterocycles. The first-order valence-corrected chi connectivity index (χ1v) is 9.06. The van der Waals surface area contributed by atoms with Crippen LogP contribution in [0.25, 0.3) is 22.3 Å². The highest BCUT2D eigenvalue weighted by atomic mass is 19.4. The molecule has 0 amide bonds. The van der Waals surface area contributed by atoms with Crippen LogP contribution < -0.4 is 14.2 Å². The van der Waals surface area contributed by atoms with Crippen molar-refractivity contribution in [1.29, 1.82) is 0 Å². The van der Waals surface area contributed by atoms with Crippen LogP contribution in [-0.2, 0) is 0 Å². The molecule has 29 heavy (non-hydrogen) atoms. The summed E-state index contributed by atoms with van der Waals surface area (Å²) in [6.45, 7) is 0. The number of nitrogens with zero attached hydrogens (tertiary/aromatic N) is 2. The normalized spacial score (nSPS) is 15.0. The molecule has 1 fully saturated rings. The fraction of sp³-hybridized carbons (Fsp3) is 0.300. The maximum absolute atomic E-state index is 13.7. The van der Waals surface area contributed by atoms with Gasteiger partial charge in [0, 0.05) is 6.07 Å². The molecule has 0 aliphatic heterocycles. The Morgan fingerprint density at radius 3 is 2.38 bits per heavy atom. The molecule has 2 aromatic carbocycles. The Labute approximate surface area is 163 Å². The van der Waals surface area contributed by atoms with Crippen LogP contribution in [0.2, 0.25) is 0 Å². The van der Waals surface area contributed by atoms with E-state index in [0.29, 0.717) is 4.73 Å². The Morgan fingerprint density at radius 1 is 1.03 bits per heavy atom. The maximum Gasteiger partial charge on any atom is 0.573 e. The summed E-state index contributed by atoms with van der Waals surface area (Å²) in [5.74, 6) is -0.958. The minimum absolute atomic E-state index is 0.00519. The molecule has 0 unspecified atom stereocenters. The number of alkyl halides is 3. The topological polar surface area (TPSA) is 58.3 Å². The SMILES string of the molecule is [O-][n+]1c(-c2ccc(OC(F)(F)F)cc2)c(OC2CCCC2)nc2ccc(F)cc21. The highest BCUT2D eigenvalue weighted by Crippen LogP contribution is 2.33. The van der Waals surface area contributed by atoms with E-state index in [1.807, 2.05) is 0 Å². The van der Waals surface area contributed by atoms with Crippen molar-refractivity contribution in [1.82, 2.24) is 4.98 Å². The molecule has 0 spiro atoms. The average Bonchev–Trinajstić information content (AvgIpc) is 3.16. The first-order chi connectivity index (χ1) is 13.8. The lowest BCUT2D eigenvalue weighted by atomic mass is 10.1. The molecule has 1 aromatic heterocycles. The third-order valence-corrected chi connectivity index (χ3v) is 4.73. The van der Waals surface area contributed by atoms with Crippen LogP contribution >= 0.6 is 0 Å². The van der Waals surface area contributed by atoms with Crippen LogP contribution in [0.3, 0.4) is 0 Å². The molecule has 4 rings (SSSR count). The Balaban J connectivity index is 1.80. The van der Waals surface area contributed by atoms with Crippen LogP contribution in [0, 0.1) is 11.0 Å². The van der Waals surface area contributed by atoms with E-state index in [2.05, 4.69) is 9.72 Å². The van der Waals surface area contributed by atoms with Gasteiger partial charge in [0.25, 0.3) is 11.6 Å². The molecule has 0 atom stereocenters. The molecule has 1 saturated carbocycles. The van der Waals surface area contributed by atoms with Gasteiger partial charge in [0.15, 0.2) is 0 Å². The van der Waals surface area contributed by atoms with E-state index in [-0.39, 0.29) is 34.3 Å². The smallest absolute Gasteiger partial charge is 0.573 e. The van der Waals surface area contributed by atoms with E-state index in [9.17, 15) is 22.8 Å². The third kappa shape index (κ3) is 4.18. The van der Waals surface area contributed by atoms with Gasteiger partial charge in [-0.05, 0) is 62.1 Å². The summed E-state index contributed by atoms with van der Waals surface area (Å²) < 4.78 is 61.1. The molecule has 0 N–H and O–H groups in total. The zero-order valence-corrected chi connectivity index (χ0v) is 15.1. The summed E-state index contributed by atoms with van der Waals surface area (Å²) in [6.07, 6.45) is -1.29. The molecule has 0 radical (unpaired) electrons. The Morgan fingerprint density at radius 2 is 1.72 bits per heavy atom. The van der Waals surface area contributed by atoms with Crippen molar-refractivity contribution in [2.75, 3.05) is 0 Å². The number of hydrogen-bond acceptors (Lipinski definition) is 4. The first kappa shape index (κ1) is 19.2. The molecular weight excluding hydrogens is 392 g/mol. The summed E-state index contributed by atoms with van der Waals surface area (Å²) in [6, 6.07) is 8.43. The van der Waals surface area contributed by atoms with Crippen molar-refractivity contribution in [3.8, 4) is 22.9 Å². The fourth-order valence-electron chi connectivity index (χ4n) is 3.42. The zero-order chi connectivity index (χ0) is 20.6. The number of hydrogen-bond donors (Lipinski definition) is 0. The van der Waals surface area contributed by atoms with Crippen LogP contribution in [0.5, 0.6) is 11.6 Å². The standard InChI is InChI=1S/C20H16F4N2O3/c21-13-7-10-16-17(11-13)26(27)18(19(25-16)28-14-3-1-2-4-14)12-5-8-15(9-6-12)29-20(22,23)24/h5-11,14H,1-4H2. The third-order valence-electron chi connectivity index (χ3n) is 4.73. The van der Waals surface area contributed by atoms with Crippen LogP contribution in [0.4, 0.5) is 17.6 Å². The maximum atomic E-state index is 13.7. The average molecular weight is 408 g/mol. The van der Waals surface area contributed by atoms with Gasteiger partial charge in [-0.25, -0.2) is 9.37 Å². The molecule has 1 aliphatic carbocycles. The van der Waals surface area contributed by atoms with Gasteiger partial charge in [-0.15, -0.1) is 13.2 Å². The van der Waals surface area contributed by atoms with E-state index < -0.39 is 17.9 Å². The lowest BCUT2D eigenvalue weighted by Crippen LogP contribution is -2.32. The summed E-state index contributed by atoms with van der Waals surface area (Å²) in [7, 11) is 0. The fourth-order valence-corrected chi connectivity index (χ4v) is 3.42. The number of rotatable bonds is 4. The molecule has 0 bridgehead atoms. The van der Waals surface area contributed by atoms with Crippen molar-refractivity contribution >= 4 is 11.0 Å². The van der Waals surface area contributed by atoms with Gasteiger partial charge >= 0.3 is 6.36 Å². The van der Waals surface area contributed by atoms with E-state index in [4.69, 9.17) is 4.74 Å². The number of aromatic nitrogens is 2. The predicted molar refractivity (Wildman–Crippen MR) is 95.7 cm³/mol. The molecule has 3 aromatic rings. The molecule has 152 valence electrons. The lowest BCUT2D eigenvalue weighted by molar-refractivity contribution is -0.565. The van der Waals surface area contributed by atoms with Gasteiger partial charge in [0.1, 0.15) is 23.2 Å². The summed E-state index contributed by atoms with van der Waals surface area (Å²) in [4.78, 5) is 4.38. The van der Waals surface area contributed by atoms with Gasteiger partial charge in [0.05, 0.1) is 5.56 Å². The lowest BCUT2D eigenvalue weighted by Gasteiger charge is -2.16. The quantitative estimate of drug-likeness (QED) is 0.350. The van der Waals surface area contributed by atoms with Crippen molar-refractivity contribution in [2.24, 2.45) is 0 Å². The summed E-state index contributed by atoms with van der Waals surface area (Å²) in [5.41, 5.74) is 0.541. The second-order valence-corrected chi connectivity index (χ2v) is 6.79. The van der Waals surface area contributed by atoms with Crippen molar-refractivity contribution in [3.05, 3.63) is 53.5 Å². The number of halogens is 4. The molecule has 9 heteroatoms. The minimum atomic E-state index is -4.82. The zero-order valence-electron chi connectivity index (χ0n) is 15.1. The second-order valence-electron chi connectivity index (χ2n) is 6.79. The first-order valence-electron chi connectivity index (χ1n) is 9.06. The minimum Gasteiger partial charge on any atom is -0.618 e. The highest BCUT2D eigenvalue weighted by molar-refractivity contribution is 5.75. The van der Waals surface area contributed by atoms with Gasteiger partial charge in [0.2, 0.25) is 5.52 Å². The van der Waals surface area contributed by atoms with Crippen molar-refractivity contribution in [2.45, 2.75) is 38.1 Å². The van der Waals surface area contributed by atoms with Crippen LogP contribution in [-0.4, -0.2) is 17.5 Å². The van der Waals surface area contributed by atoms with E-state index >= 15 is 0 Å². The Kier molecular flexibility index (Phi) is 4.89. The molecular formula is C20H16F4N2O3. The molecule has 5 nitrogen and oxygen atoms in total. The molecule has 0 saturated heterocycles. The van der Waals surface area contributed by atoms with Crippen LogP contribution in [0.15, 0.2) is 42.5 Å². The highest BCUT2D eigenvalue weighted by Gasteiger charge is 2.31. The van der Waals surface area contributed by atoms with E-state index in [1.165, 1.54) is 24.3 Å². The summed E-state index contributed by atoms with van der Waals surface area (Å²) >= 11 is 0. The van der Waals surface area contributed by atoms with Gasteiger partial charge in [-0.3, -0.25) is 0 Å². The Hall–Kier alpha value is -3.10. The van der Waals surface area contributed by atoms with Crippen LogP contribution in [0.1, 0.15) is 25.7 Å². The summed E-state index contributed by atoms with van der Waals surface area (Å²) in [5, 5.41) is 13.0. The number of ether oxygens (including phenoxy) is 2. The monoisotopic (exact) mass is 408 g/mol. The van der Waals surface area contributed by atoms with E-state index in [1.54, 1.807) is 0 Å². The largest absolute Gasteiger partial charge is 0.618 e. The number of fused-ring (bicyclic) bond motifs is 1. The second kappa shape index (κ2) is 7.38. The van der Waals surface area contributed by atoms with Gasteiger partial charge in [-0.2, -0.15) is 4.73 Å². The van der Waals surface area contributed by atoms with Crippen molar-refractivity contribution < 1.29 is 31.8 Å². The van der Waals surface area contributed by atoms with Gasteiger partial charge < -0.3 is 14.7 Å². The van der Waals surface area contributed by atoms with Crippen molar-refractivity contribution in [3.63, 3.8) is 0 Å². The number of benzene rings is 2.